The molecule has 84 valence electrons. The first-order valence-corrected chi connectivity index (χ1v) is 7.69. The molecule has 2 aromatic rings. The summed E-state index contributed by atoms with van der Waals surface area (Å²) in [5.74, 6) is 0. The Balaban J connectivity index is 1.91. The first-order valence-electron chi connectivity index (χ1n) is 5.25. The van der Waals surface area contributed by atoms with E-state index in [4.69, 9.17) is 23.2 Å². The fourth-order valence-corrected chi connectivity index (χ4v) is 4.87. The molecule has 0 bridgehead atoms. The van der Waals surface area contributed by atoms with Crippen LogP contribution in [0.2, 0.25) is 4.34 Å². The van der Waals surface area contributed by atoms with Crippen LogP contribution in [0.15, 0.2) is 18.2 Å². The van der Waals surface area contributed by atoms with E-state index >= 15 is 0 Å². The number of aryl methyl sites for hydroxylation is 2. The van der Waals surface area contributed by atoms with Crippen molar-refractivity contribution in [3.05, 3.63) is 42.7 Å². The second-order valence-corrected chi connectivity index (χ2v) is 7.31. The quantitative estimate of drug-likeness (QED) is 0.660. The van der Waals surface area contributed by atoms with Crippen LogP contribution < -0.4 is 0 Å². The van der Waals surface area contributed by atoms with Crippen molar-refractivity contribution < 1.29 is 0 Å². The summed E-state index contributed by atoms with van der Waals surface area (Å²) < 4.78 is 0.810. The Kier molecular flexibility index (Phi) is 3.01. The van der Waals surface area contributed by atoms with Gasteiger partial charge in [0.15, 0.2) is 0 Å². The van der Waals surface area contributed by atoms with E-state index in [0.29, 0.717) is 0 Å². The van der Waals surface area contributed by atoms with E-state index in [0.717, 1.165) is 9.21 Å². The molecule has 0 N–H and O–H groups in total. The van der Waals surface area contributed by atoms with Gasteiger partial charge in [0, 0.05) is 14.6 Å². The van der Waals surface area contributed by atoms with E-state index in [2.05, 4.69) is 6.07 Å². The summed E-state index contributed by atoms with van der Waals surface area (Å²) >= 11 is 15.8. The highest BCUT2D eigenvalue weighted by Crippen LogP contribution is 2.41. The van der Waals surface area contributed by atoms with Crippen LogP contribution in [-0.4, -0.2) is 0 Å². The summed E-state index contributed by atoms with van der Waals surface area (Å²) in [7, 11) is 0. The monoisotopic (exact) mass is 288 g/mol. The topological polar surface area (TPSA) is 0 Å². The van der Waals surface area contributed by atoms with Crippen LogP contribution in [-0.2, 0) is 12.8 Å². The molecular weight excluding hydrogens is 279 g/mol. The van der Waals surface area contributed by atoms with Crippen LogP contribution in [0.25, 0.3) is 0 Å². The van der Waals surface area contributed by atoms with Gasteiger partial charge in [-0.1, -0.05) is 11.6 Å². The molecule has 3 rings (SSSR count). The van der Waals surface area contributed by atoms with Crippen LogP contribution in [0.3, 0.4) is 0 Å². The van der Waals surface area contributed by atoms with Crippen LogP contribution in [0.4, 0.5) is 0 Å². The second-order valence-electron chi connectivity index (χ2n) is 3.96. The van der Waals surface area contributed by atoms with Crippen molar-refractivity contribution in [2.45, 2.75) is 24.6 Å². The average Bonchev–Trinajstić information content (AvgIpc) is 2.89. The Labute approximate surface area is 113 Å². The molecule has 2 heterocycles. The van der Waals surface area contributed by atoms with Gasteiger partial charge in [0.2, 0.25) is 0 Å². The largest absolute Gasteiger partial charge is 0.143 e. The minimum atomic E-state index is -0.0203. The van der Waals surface area contributed by atoms with E-state index in [-0.39, 0.29) is 5.38 Å². The summed E-state index contributed by atoms with van der Waals surface area (Å²) in [6.45, 7) is 0. The van der Waals surface area contributed by atoms with E-state index in [1.807, 2.05) is 23.5 Å². The highest BCUT2D eigenvalue weighted by molar-refractivity contribution is 7.17. The Hall–Kier alpha value is -0.0200. The normalized spacial score (nSPS) is 16.4. The second kappa shape index (κ2) is 4.34. The number of fused-ring (bicyclic) bond motifs is 1. The number of halogens is 2. The number of hydrogen-bond acceptors (Lipinski definition) is 2. The number of hydrogen-bond donors (Lipinski definition) is 0. The van der Waals surface area contributed by atoms with E-state index < -0.39 is 0 Å². The summed E-state index contributed by atoms with van der Waals surface area (Å²) in [4.78, 5) is 3.94. The predicted octanol–water partition coefficient (Wildman–Crippen LogP) is 5.28. The SMILES string of the molecule is Clc1ccc(C(Cl)c2cc3c(s2)CCC3)s1. The summed E-state index contributed by atoms with van der Waals surface area (Å²) in [5.41, 5.74) is 1.51. The highest BCUT2D eigenvalue weighted by Gasteiger charge is 2.20. The van der Waals surface area contributed by atoms with Gasteiger partial charge in [-0.2, -0.15) is 0 Å². The van der Waals surface area contributed by atoms with Crippen molar-refractivity contribution in [1.82, 2.24) is 0 Å². The zero-order valence-corrected chi connectivity index (χ0v) is 11.6. The van der Waals surface area contributed by atoms with Gasteiger partial charge in [0.1, 0.15) is 5.38 Å². The lowest BCUT2D eigenvalue weighted by Gasteiger charge is -2.03. The van der Waals surface area contributed by atoms with Gasteiger partial charge < -0.3 is 0 Å². The molecule has 1 aliphatic rings. The zero-order chi connectivity index (χ0) is 11.1. The van der Waals surface area contributed by atoms with Crippen molar-refractivity contribution in [3.8, 4) is 0 Å². The van der Waals surface area contributed by atoms with E-state index in [9.17, 15) is 0 Å². The third kappa shape index (κ3) is 1.92. The highest BCUT2D eigenvalue weighted by atomic mass is 35.5. The molecular formula is C12H10Cl2S2. The lowest BCUT2D eigenvalue weighted by atomic mass is 10.2. The van der Waals surface area contributed by atoms with Gasteiger partial charge in [0.25, 0.3) is 0 Å². The smallest absolute Gasteiger partial charge is 0.102 e. The lowest BCUT2D eigenvalue weighted by molar-refractivity contribution is 0.913. The third-order valence-electron chi connectivity index (χ3n) is 2.86. The Morgan fingerprint density at radius 2 is 2.00 bits per heavy atom. The maximum absolute atomic E-state index is 6.47. The third-order valence-corrected chi connectivity index (χ3v) is 6.19. The Morgan fingerprint density at radius 1 is 1.12 bits per heavy atom. The molecule has 1 atom stereocenters. The predicted molar refractivity (Wildman–Crippen MR) is 73.4 cm³/mol. The molecule has 4 heteroatoms. The standard InChI is InChI=1S/C12H10Cl2S2/c13-11-5-4-9(16-11)12(14)10-6-7-2-1-3-8(7)15-10/h4-6,12H,1-3H2. The van der Waals surface area contributed by atoms with E-state index in [1.165, 1.54) is 34.6 Å². The molecule has 2 aromatic heterocycles. The number of rotatable bonds is 2. The van der Waals surface area contributed by atoms with Gasteiger partial charge in [0.05, 0.1) is 4.34 Å². The summed E-state index contributed by atoms with van der Waals surface area (Å²) in [5, 5.41) is -0.0203. The molecule has 0 amide bonds. The van der Waals surface area contributed by atoms with Crippen molar-refractivity contribution >= 4 is 45.9 Å². The maximum Gasteiger partial charge on any atom is 0.102 e. The van der Waals surface area contributed by atoms with Crippen molar-refractivity contribution in [3.63, 3.8) is 0 Å². The molecule has 0 aromatic carbocycles. The molecule has 1 unspecified atom stereocenters. The molecule has 0 radical (unpaired) electrons. The van der Waals surface area contributed by atoms with Gasteiger partial charge in [-0.05, 0) is 43.0 Å². The molecule has 16 heavy (non-hydrogen) atoms. The van der Waals surface area contributed by atoms with Crippen LogP contribution in [0, 0.1) is 0 Å². The van der Waals surface area contributed by atoms with Gasteiger partial charge >= 0.3 is 0 Å². The maximum atomic E-state index is 6.47. The van der Waals surface area contributed by atoms with Crippen LogP contribution in [0.1, 0.15) is 32.0 Å². The number of alkyl halides is 1. The molecule has 0 aliphatic heterocycles. The summed E-state index contributed by atoms with van der Waals surface area (Å²) in [6, 6.07) is 6.21. The number of thiophene rings is 2. The van der Waals surface area contributed by atoms with Crippen LogP contribution in [0.5, 0.6) is 0 Å². The van der Waals surface area contributed by atoms with Crippen molar-refractivity contribution in [2.24, 2.45) is 0 Å². The fraction of sp³-hybridized carbons (Fsp3) is 0.333. The van der Waals surface area contributed by atoms with Gasteiger partial charge in [-0.3, -0.25) is 0 Å². The molecule has 0 saturated carbocycles. The Morgan fingerprint density at radius 3 is 2.69 bits per heavy atom. The first kappa shape index (κ1) is 11.1. The van der Waals surface area contributed by atoms with Crippen molar-refractivity contribution in [1.29, 1.82) is 0 Å². The lowest BCUT2D eigenvalue weighted by Crippen LogP contribution is -1.85. The molecule has 0 nitrogen and oxygen atoms in total. The minimum absolute atomic E-state index is 0.0203. The molecule has 0 spiro atoms. The van der Waals surface area contributed by atoms with Gasteiger partial charge in [-0.15, -0.1) is 34.3 Å². The van der Waals surface area contributed by atoms with Gasteiger partial charge in [-0.25, -0.2) is 0 Å². The molecule has 1 aliphatic carbocycles. The van der Waals surface area contributed by atoms with E-state index in [1.54, 1.807) is 11.3 Å². The average molecular weight is 289 g/mol. The zero-order valence-electron chi connectivity index (χ0n) is 8.50. The first-order chi connectivity index (χ1) is 7.74. The fourth-order valence-electron chi connectivity index (χ4n) is 2.08. The molecule has 0 fully saturated rings. The van der Waals surface area contributed by atoms with Crippen LogP contribution >= 0.6 is 45.9 Å². The van der Waals surface area contributed by atoms with Crippen molar-refractivity contribution in [2.75, 3.05) is 0 Å². The Bertz CT molecular complexity index is 491. The minimum Gasteiger partial charge on any atom is -0.143 e. The molecule has 0 saturated heterocycles. The summed E-state index contributed by atoms with van der Waals surface area (Å²) in [6.07, 6.45) is 3.76.